The summed E-state index contributed by atoms with van der Waals surface area (Å²) in [5, 5.41) is 11.8. The van der Waals surface area contributed by atoms with E-state index in [9.17, 15) is 4.79 Å². The lowest BCUT2D eigenvalue weighted by Crippen LogP contribution is -2.10. The first-order chi connectivity index (χ1) is 9.01. The van der Waals surface area contributed by atoms with Crippen LogP contribution in [0.1, 0.15) is 15.2 Å². The van der Waals surface area contributed by atoms with Gasteiger partial charge in [0.2, 0.25) is 0 Å². The summed E-state index contributed by atoms with van der Waals surface area (Å²) in [4.78, 5) is 12.6. The number of nitrogens with one attached hydrogen (secondary N) is 1. The summed E-state index contributed by atoms with van der Waals surface area (Å²) in [7, 11) is 0. The van der Waals surface area contributed by atoms with Gasteiger partial charge < -0.3 is 5.32 Å². The Morgan fingerprint density at radius 3 is 2.63 bits per heavy atom. The van der Waals surface area contributed by atoms with Crippen LogP contribution in [-0.4, -0.2) is 5.91 Å². The van der Waals surface area contributed by atoms with Crippen LogP contribution >= 0.6 is 54.8 Å². The largest absolute Gasteiger partial charge is 0.321 e. The fourth-order valence-electron chi connectivity index (χ4n) is 1.33. The number of rotatable bonds is 2. The Labute approximate surface area is 135 Å². The van der Waals surface area contributed by atoms with Gasteiger partial charge in [-0.3, -0.25) is 4.79 Å². The smallest absolute Gasteiger partial charge is 0.265 e. The van der Waals surface area contributed by atoms with Crippen LogP contribution < -0.4 is 5.32 Å². The Morgan fingerprint density at radius 2 is 2.11 bits per heavy atom. The minimum atomic E-state index is -0.225. The number of hydrogen-bond acceptors (Lipinski definition) is 3. The second kappa shape index (κ2) is 6.06. The van der Waals surface area contributed by atoms with Gasteiger partial charge >= 0.3 is 0 Å². The number of hydrogen-bond donors (Lipinski definition) is 1. The Morgan fingerprint density at radius 1 is 1.37 bits per heavy atom. The van der Waals surface area contributed by atoms with Crippen LogP contribution in [0.25, 0.3) is 0 Å². The molecule has 0 saturated heterocycles. The molecule has 0 aliphatic heterocycles. The van der Waals surface area contributed by atoms with Crippen LogP contribution in [0.3, 0.4) is 0 Å². The second-order valence-corrected chi connectivity index (χ2v) is 7.12. The molecule has 0 bridgehead atoms. The normalized spacial score (nSPS) is 10.0. The number of nitrogens with zero attached hydrogens (tertiary/aromatic N) is 1. The van der Waals surface area contributed by atoms with Crippen molar-refractivity contribution in [2.75, 3.05) is 5.32 Å². The van der Waals surface area contributed by atoms with E-state index in [0.717, 1.165) is 8.26 Å². The van der Waals surface area contributed by atoms with Crippen LogP contribution in [0.5, 0.6) is 0 Å². The third-order valence-electron chi connectivity index (χ3n) is 2.22. The Hall–Kier alpha value is -0.870. The number of thiophene rings is 1. The molecule has 1 aromatic carbocycles. The average molecular weight is 421 g/mol. The molecule has 3 nitrogen and oxygen atoms in total. The second-order valence-electron chi connectivity index (χ2n) is 3.49. The molecule has 96 valence electrons. The topological polar surface area (TPSA) is 52.9 Å². The molecule has 0 atom stereocenters. The lowest BCUT2D eigenvalue weighted by molar-refractivity contribution is 0.103. The van der Waals surface area contributed by atoms with Crippen LogP contribution in [0, 0.1) is 11.3 Å². The van der Waals surface area contributed by atoms with Crippen molar-refractivity contribution in [1.29, 1.82) is 5.26 Å². The number of amides is 1. The molecule has 0 aliphatic carbocycles. The summed E-state index contributed by atoms with van der Waals surface area (Å²) >= 11 is 13.9. The lowest BCUT2D eigenvalue weighted by atomic mass is 10.2. The lowest BCUT2D eigenvalue weighted by Gasteiger charge is -2.04. The summed E-state index contributed by atoms with van der Waals surface area (Å²) < 4.78 is 1.69. The van der Waals surface area contributed by atoms with Gasteiger partial charge in [0.25, 0.3) is 5.91 Å². The molecule has 0 unspecified atom stereocenters. The molecule has 19 heavy (non-hydrogen) atoms. The van der Waals surface area contributed by atoms with E-state index in [1.54, 1.807) is 24.3 Å². The molecule has 0 fully saturated rings. The first-order valence-electron chi connectivity index (χ1n) is 4.97. The number of benzene rings is 1. The zero-order valence-electron chi connectivity index (χ0n) is 9.21. The SMILES string of the molecule is N#Cc1ccc(NC(=O)c2cc(Br)c(Br)s2)cc1Cl. The van der Waals surface area contributed by atoms with E-state index < -0.39 is 0 Å². The molecule has 1 heterocycles. The minimum Gasteiger partial charge on any atom is -0.321 e. The highest BCUT2D eigenvalue weighted by Gasteiger charge is 2.12. The van der Waals surface area contributed by atoms with Gasteiger partial charge in [-0.05, 0) is 56.1 Å². The molecule has 0 spiro atoms. The summed E-state index contributed by atoms with van der Waals surface area (Å²) in [6.07, 6.45) is 0. The first-order valence-corrected chi connectivity index (χ1v) is 7.75. The highest BCUT2D eigenvalue weighted by atomic mass is 79.9. The van der Waals surface area contributed by atoms with Gasteiger partial charge in [0.15, 0.2) is 0 Å². The zero-order valence-corrected chi connectivity index (χ0v) is 14.0. The number of carbonyl (C=O) groups is 1. The van der Waals surface area contributed by atoms with Crippen molar-refractivity contribution in [2.24, 2.45) is 0 Å². The summed E-state index contributed by atoms with van der Waals surface area (Å²) in [5.74, 6) is -0.225. The molecule has 0 saturated carbocycles. The predicted octanol–water partition coefficient (Wildman–Crippen LogP) is 5.05. The Balaban J connectivity index is 2.20. The molecule has 1 N–H and O–H groups in total. The highest BCUT2D eigenvalue weighted by Crippen LogP contribution is 2.32. The zero-order chi connectivity index (χ0) is 14.0. The molecule has 1 amide bonds. The summed E-state index contributed by atoms with van der Waals surface area (Å²) in [6, 6.07) is 8.45. The van der Waals surface area contributed by atoms with Gasteiger partial charge in [-0.2, -0.15) is 5.26 Å². The fraction of sp³-hybridized carbons (Fsp3) is 0. The van der Waals surface area contributed by atoms with Crippen molar-refractivity contribution in [1.82, 2.24) is 0 Å². The van der Waals surface area contributed by atoms with E-state index in [4.69, 9.17) is 16.9 Å². The van der Waals surface area contributed by atoms with E-state index in [2.05, 4.69) is 37.2 Å². The predicted molar refractivity (Wildman–Crippen MR) is 83.8 cm³/mol. The monoisotopic (exact) mass is 418 g/mol. The maximum absolute atomic E-state index is 12.0. The number of anilines is 1. The van der Waals surface area contributed by atoms with Gasteiger partial charge in [0.05, 0.1) is 19.2 Å². The molecular formula is C12H5Br2ClN2OS. The van der Waals surface area contributed by atoms with Crippen molar-refractivity contribution in [3.8, 4) is 6.07 Å². The number of halogens is 3. The maximum atomic E-state index is 12.0. The molecule has 0 aliphatic rings. The molecule has 2 rings (SSSR count). The highest BCUT2D eigenvalue weighted by molar-refractivity contribution is 9.13. The van der Waals surface area contributed by atoms with Crippen molar-refractivity contribution in [2.45, 2.75) is 0 Å². The van der Waals surface area contributed by atoms with E-state index in [1.807, 2.05) is 6.07 Å². The van der Waals surface area contributed by atoms with Crippen molar-refractivity contribution >= 4 is 66.4 Å². The standard InChI is InChI=1S/C12H5Br2ClN2OS/c13-8-4-10(19-11(8)14)12(18)17-7-2-1-6(5-16)9(15)3-7/h1-4H,(H,17,18). The summed E-state index contributed by atoms with van der Waals surface area (Å²) in [5.41, 5.74) is 0.927. The molecular weight excluding hydrogens is 415 g/mol. The molecule has 7 heteroatoms. The van der Waals surface area contributed by atoms with E-state index in [1.165, 1.54) is 11.3 Å². The Kier molecular flexibility index (Phi) is 4.63. The van der Waals surface area contributed by atoms with Gasteiger partial charge in [-0.1, -0.05) is 11.6 Å². The third-order valence-corrected chi connectivity index (χ3v) is 5.78. The van der Waals surface area contributed by atoms with Gasteiger partial charge in [-0.15, -0.1) is 11.3 Å². The van der Waals surface area contributed by atoms with Gasteiger partial charge in [0, 0.05) is 10.2 Å². The van der Waals surface area contributed by atoms with Gasteiger partial charge in [0.1, 0.15) is 6.07 Å². The number of nitriles is 1. The maximum Gasteiger partial charge on any atom is 0.265 e. The van der Waals surface area contributed by atoms with Crippen molar-refractivity contribution < 1.29 is 4.79 Å². The van der Waals surface area contributed by atoms with Crippen LogP contribution in [0.4, 0.5) is 5.69 Å². The van der Waals surface area contributed by atoms with Crippen LogP contribution in [-0.2, 0) is 0 Å². The van der Waals surface area contributed by atoms with Gasteiger partial charge in [-0.25, -0.2) is 0 Å². The van der Waals surface area contributed by atoms with Crippen LogP contribution in [0.15, 0.2) is 32.5 Å². The number of carbonyl (C=O) groups excluding carboxylic acids is 1. The van der Waals surface area contributed by atoms with Crippen molar-refractivity contribution in [3.63, 3.8) is 0 Å². The van der Waals surface area contributed by atoms with E-state index >= 15 is 0 Å². The quantitative estimate of drug-likeness (QED) is 0.739. The van der Waals surface area contributed by atoms with Crippen molar-refractivity contribution in [3.05, 3.63) is 48.0 Å². The average Bonchev–Trinajstić information content (AvgIpc) is 2.70. The van der Waals surface area contributed by atoms with E-state index in [-0.39, 0.29) is 5.91 Å². The Bertz CT molecular complexity index is 674. The molecule has 0 radical (unpaired) electrons. The van der Waals surface area contributed by atoms with Crippen LogP contribution in [0.2, 0.25) is 5.02 Å². The first kappa shape index (κ1) is 14.5. The summed E-state index contributed by atoms with van der Waals surface area (Å²) in [6.45, 7) is 0. The third kappa shape index (κ3) is 3.37. The molecule has 1 aromatic heterocycles. The fourth-order valence-corrected chi connectivity index (χ4v) is 3.49. The minimum absolute atomic E-state index is 0.225. The van der Waals surface area contributed by atoms with E-state index in [0.29, 0.717) is 21.2 Å². The molecule has 2 aromatic rings.